The predicted octanol–water partition coefficient (Wildman–Crippen LogP) is 3.46. The summed E-state index contributed by atoms with van der Waals surface area (Å²) in [6, 6.07) is 13.4. The van der Waals surface area contributed by atoms with Crippen LogP contribution in [-0.4, -0.2) is 17.5 Å². The minimum absolute atomic E-state index is 0.0201. The number of benzene rings is 2. The van der Waals surface area contributed by atoms with Crippen LogP contribution in [0.15, 0.2) is 48.5 Å². The molecule has 0 bridgehead atoms. The lowest BCUT2D eigenvalue weighted by Crippen LogP contribution is -2.11. The van der Waals surface area contributed by atoms with Gasteiger partial charge in [0.05, 0.1) is 0 Å². The maximum Gasteiger partial charge on any atom is 0.130 e. The Labute approximate surface area is 129 Å². The van der Waals surface area contributed by atoms with Gasteiger partial charge in [0.25, 0.3) is 0 Å². The van der Waals surface area contributed by atoms with Crippen molar-refractivity contribution >= 4 is 5.78 Å². The summed E-state index contributed by atoms with van der Waals surface area (Å²) < 4.78 is 19.0. The highest BCUT2D eigenvalue weighted by Crippen LogP contribution is 2.19. The molecule has 2 rings (SSSR count). The van der Waals surface area contributed by atoms with E-state index in [1.165, 1.54) is 12.1 Å². The van der Waals surface area contributed by atoms with Crippen molar-refractivity contribution in [1.29, 1.82) is 0 Å². The summed E-state index contributed by atoms with van der Waals surface area (Å²) in [7, 11) is 0. The summed E-state index contributed by atoms with van der Waals surface area (Å²) in [5, 5.41) is 9.96. The monoisotopic (exact) mass is 302 g/mol. The number of halogens is 1. The van der Waals surface area contributed by atoms with E-state index in [0.717, 1.165) is 5.56 Å². The molecule has 0 amide bonds. The van der Waals surface area contributed by atoms with Crippen molar-refractivity contribution in [3.8, 4) is 5.75 Å². The molecule has 0 spiro atoms. The number of aliphatic hydroxyl groups excluding tert-OH is 1. The largest absolute Gasteiger partial charge is 0.491 e. The van der Waals surface area contributed by atoms with E-state index in [4.69, 9.17) is 4.74 Å². The van der Waals surface area contributed by atoms with Crippen LogP contribution in [0.4, 0.5) is 4.39 Å². The highest BCUT2D eigenvalue weighted by molar-refractivity contribution is 5.75. The Morgan fingerprint density at radius 1 is 1.18 bits per heavy atom. The molecule has 1 unspecified atom stereocenters. The minimum Gasteiger partial charge on any atom is -0.491 e. The third-order valence-electron chi connectivity index (χ3n) is 3.36. The van der Waals surface area contributed by atoms with Gasteiger partial charge in [0.1, 0.15) is 30.1 Å². The molecule has 116 valence electrons. The van der Waals surface area contributed by atoms with E-state index >= 15 is 0 Å². The van der Waals surface area contributed by atoms with Crippen LogP contribution in [0.3, 0.4) is 0 Å². The second kappa shape index (κ2) is 7.71. The second-order valence-electron chi connectivity index (χ2n) is 5.19. The molecule has 0 aromatic heterocycles. The molecule has 2 aromatic carbocycles. The van der Waals surface area contributed by atoms with E-state index in [1.807, 2.05) is 12.1 Å². The normalized spacial score (nSPS) is 12.0. The zero-order valence-corrected chi connectivity index (χ0v) is 12.5. The van der Waals surface area contributed by atoms with Crippen molar-refractivity contribution < 1.29 is 19.0 Å². The van der Waals surface area contributed by atoms with Crippen LogP contribution in [0, 0.1) is 5.82 Å². The first-order valence-electron chi connectivity index (χ1n) is 7.20. The van der Waals surface area contributed by atoms with Crippen molar-refractivity contribution in [3.05, 3.63) is 65.5 Å². The van der Waals surface area contributed by atoms with Gasteiger partial charge >= 0.3 is 0 Å². The van der Waals surface area contributed by atoms with Crippen LogP contribution >= 0.6 is 0 Å². The quantitative estimate of drug-likeness (QED) is 0.852. The summed E-state index contributed by atoms with van der Waals surface area (Å²) >= 11 is 0. The third-order valence-corrected chi connectivity index (χ3v) is 3.36. The number of ether oxygens (including phenoxy) is 1. The van der Waals surface area contributed by atoms with Crippen molar-refractivity contribution in [2.24, 2.45) is 0 Å². The lowest BCUT2D eigenvalue weighted by atomic mass is 10.1. The molecule has 0 aliphatic carbocycles. The Bertz CT molecular complexity index is 622. The second-order valence-corrected chi connectivity index (χ2v) is 5.19. The number of hydrogen-bond donors (Lipinski definition) is 1. The molecular weight excluding hydrogens is 283 g/mol. The van der Waals surface area contributed by atoms with Gasteiger partial charge in [-0.15, -0.1) is 0 Å². The zero-order valence-electron chi connectivity index (χ0n) is 12.5. The van der Waals surface area contributed by atoms with Crippen molar-refractivity contribution in [2.75, 3.05) is 6.61 Å². The number of aliphatic hydroxyl groups is 1. The fraction of sp³-hybridized carbons (Fsp3) is 0.278. The molecule has 0 radical (unpaired) electrons. The number of Topliss-reactive ketones (excluding diaryl/α,β-unsaturated/α-hetero) is 1. The highest BCUT2D eigenvalue weighted by atomic mass is 19.1. The first-order chi connectivity index (χ1) is 10.6. The maximum absolute atomic E-state index is 13.5. The van der Waals surface area contributed by atoms with Gasteiger partial charge in [-0.05, 0) is 37.1 Å². The van der Waals surface area contributed by atoms with Crippen molar-refractivity contribution in [1.82, 2.24) is 0 Å². The molecule has 0 saturated heterocycles. The molecule has 1 N–H and O–H groups in total. The van der Waals surface area contributed by atoms with Crippen LogP contribution in [0.25, 0.3) is 0 Å². The van der Waals surface area contributed by atoms with Gasteiger partial charge in [0.15, 0.2) is 0 Å². The Kier molecular flexibility index (Phi) is 5.67. The lowest BCUT2D eigenvalue weighted by molar-refractivity contribution is -0.116. The van der Waals surface area contributed by atoms with E-state index in [1.54, 1.807) is 31.2 Å². The molecule has 0 heterocycles. The van der Waals surface area contributed by atoms with Gasteiger partial charge in [0, 0.05) is 12.0 Å². The van der Waals surface area contributed by atoms with Crippen LogP contribution in [0.5, 0.6) is 5.75 Å². The molecule has 22 heavy (non-hydrogen) atoms. The lowest BCUT2D eigenvalue weighted by Gasteiger charge is -2.13. The fourth-order valence-electron chi connectivity index (χ4n) is 2.08. The van der Waals surface area contributed by atoms with E-state index in [-0.39, 0.29) is 18.0 Å². The Morgan fingerprint density at radius 2 is 1.86 bits per heavy atom. The molecule has 0 fully saturated rings. The molecule has 0 saturated carbocycles. The average molecular weight is 302 g/mol. The average Bonchev–Trinajstić information content (AvgIpc) is 2.52. The third kappa shape index (κ3) is 4.67. The number of carbonyl (C=O) groups excluding carboxylic acids is 1. The standard InChI is InChI=1S/C18H19FO3/c1-13(20)6-7-14-8-10-15(11-9-14)22-12-18(21)16-4-2-3-5-17(16)19/h2-5,8-11,18,21H,6-7,12H2,1H3. The molecular formula is C18H19FO3. The van der Waals surface area contributed by atoms with E-state index in [9.17, 15) is 14.3 Å². The van der Waals surface area contributed by atoms with E-state index in [0.29, 0.717) is 18.6 Å². The smallest absolute Gasteiger partial charge is 0.130 e. The highest BCUT2D eigenvalue weighted by Gasteiger charge is 2.12. The maximum atomic E-state index is 13.5. The Hall–Kier alpha value is -2.20. The summed E-state index contributed by atoms with van der Waals surface area (Å²) in [5.41, 5.74) is 1.28. The Morgan fingerprint density at radius 3 is 2.50 bits per heavy atom. The van der Waals surface area contributed by atoms with E-state index < -0.39 is 11.9 Å². The van der Waals surface area contributed by atoms with Crippen LogP contribution in [0.2, 0.25) is 0 Å². The minimum atomic E-state index is -1.02. The number of rotatable bonds is 7. The number of hydrogen-bond acceptors (Lipinski definition) is 3. The summed E-state index contributed by atoms with van der Waals surface area (Å²) in [6.45, 7) is 1.55. The SMILES string of the molecule is CC(=O)CCc1ccc(OCC(O)c2ccccc2F)cc1. The van der Waals surface area contributed by atoms with Gasteiger partial charge in [-0.3, -0.25) is 0 Å². The summed E-state index contributed by atoms with van der Waals surface area (Å²) in [4.78, 5) is 10.9. The fourth-order valence-corrected chi connectivity index (χ4v) is 2.08. The van der Waals surface area contributed by atoms with E-state index in [2.05, 4.69) is 0 Å². The van der Waals surface area contributed by atoms with Crippen LogP contribution in [-0.2, 0) is 11.2 Å². The zero-order chi connectivity index (χ0) is 15.9. The molecule has 2 aromatic rings. The van der Waals surface area contributed by atoms with Gasteiger partial charge in [-0.1, -0.05) is 30.3 Å². The number of carbonyl (C=O) groups is 1. The molecule has 0 aliphatic rings. The first-order valence-corrected chi connectivity index (χ1v) is 7.20. The topological polar surface area (TPSA) is 46.5 Å². The predicted molar refractivity (Wildman–Crippen MR) is 82.3 cm³/mol. The van der Waals surface area contributed by atoms with Crippen LogP contribution in [0.1, 0.15) is 30.6 Å². The molecule has 1 atom stereocenters. The van der Waals surface area contributed by atoms with Crippen molar-refractivity contribution in [2.45, 2.75) is 25.9 Å². The summed E-state index contributed by atoms with van der Waals surface area (Å²) in [6.07, 6.45) is 0.207. The van der Waals surface area contributed by atoms with Gasteiger partial charge in [-0.25, -0.2) is 4.39 Å². The Balaban J connectivity index is 1.89. The summed E-state index contributed by atoms with van der Waals surface area (Å²) in [5.74, 6) is 0.313. The molecule has 4 heteroatoms. The van der Waals surface area contributed by atoms with Gasteiger partial charge in [0.2, 0.25) is 0 Å². The molecule has 0 aliphatic heterocycles. The van der Waals surface area contributed by atoms with Gasteiger partial charge in [-0.2, -0.15) is 0 Å². The van der Waals surface area contributed by atoms with Crippen molar-refractivity contribution in [3.63, 3.8) is 0 Å². The number of ketones is 1. The van der Waals surface area contributed by atoms with Gasteiger partial charge < -0.3 is 14.6 Å². The number of aryl methyl sites for hydroxylation is 1. The van der Waals surface area contributed by atoms with Crippen LogP contribution < -0.4 is 4.74 Å². The first kappa shape index (κ1) is 16.2. The molecule has 3 nitrogen and oxygen atoms in total.